The van der Waals surface area contributed by atoms with Gasteiger partial charge in [-0.05, 0) is 36.8 Å². The second kappa shape index (κ2) is 9.64. The standard InChI is InChI=1S/C19H18BrNO4/c1-2-24-19(23)13-25-16-8-5-7-15(12-16)21-18(22)11-10-14-6-3-4-9-17(14)20/h3-12H,2,13H2,1H3,(H,21,22)/b11-10+. The maximum absolute atomic E-state index is 12.0. The fourth-order valence-electron chi connectivity index (χ4n) is 1.97. The molecule has 0 aromatic heterocycles. The molecule has 0 fully saturated rings. The molecule has 1 N–H and O–H groups in total. The van der Waals surface area contributed by atoms with Crippen LogP contribution in [-0.4, -0.2) is 25.1 Å². The van der Waals surface area contributed by atoms with E-state index in [0.29, 0.717) is 18.0 Å². The van der Waals surface area contributed by atoms with E-state index in [0.717, 1.165) is 10.0 Å². The van der Waals surface area contributed by atoms with Crippen LogP contribution in [0.2, 0.25) is 0 Å². The molecular weight excluding hydrogens is 386 g/mol. The Bertz CT molecular complexity index is 774. The molecule has 0 bridgehead atoms. The molecular formula is C19H18BrNO4. The van der Waals surface area contributed by atoms with Crippen molar-refractivity contribution in [2.45, 2.75) is 6.92 Å². The van der Waals surface area contributed by atoms with E-state index in [1.165, 1.54) is 6.08 Å². The average Bonchev–Trinajstić information content (AvgIpc) is 2.60. The number of carbonyl (C=O) groups is 2. The summed E-state index contributed by atoms with van der Waals surface area (Å²) in [5.74, 6) is -0.229. The number of esters is 1. The van der Waals surface area contributed by atoms with Gasteiger partial charge in [0.25, 0.3) is 0 Å². The summed E-state index contributed by atoms with van der Waals surface area (Å²) in [5.41, 5.74) is 1.48. The van der Waals surface area contributed by atoms with Gasteiger partial charge < -0.3 is 14.8 Å². The van der Waals surface area contributed by atoms with Gasteiger partial charge in [-0.2, -0.15) is 0 Å². The Kier molecular flexibility index (Phi) is 7.22. The molecule has 0 aliphatic heterocycles. The Morgan fingerprint density at radius 3 is 2.72 bits per heavy atom. The van der Waals surface area contributed by atoms with E-state index in [2.05, 4.69) is 21.2 Å². The van der Waals surface area contributed by atoms with Crippen molar-refractivity contribution in [3.63, 3.8) is 0 Å². The summed E-state index contributed by atoms with van der Waals surface area (Å²) in [6.45, 7) is 1.87. The zero-order chi connectivity index (χ0) is 18.1. The third kappa shape index (κ3) is 6.43. The first-order valence-corrected chi connectivity index (χ1v) is 8.50. The number of amides is 1. The molecule has 6 heteroatoms. The summed E-state index contributed by atoms with van der Waals surface area (Å²) in [5, 5.41) is 2.75. The number of hydrogen-bond donors (Lipinski definition) is 1. The van der Waals surface area contributed by atoms with Crippen molar-refractivity contribution < 1.29 is 19.1 Å². The van der Waals surface area contributed by atoms with Gasteiger partial charge in [0, 0.05) is 22.3 Å². The normalized spacial score (nSPS) is 10.5. The number of anilines is 1. The third-order valence-corrected chi connectivity index (χ3v) is 3.81. The van der Waals surface area contributed by atoms with Crippen molar-refractivity contribution in [1.82, 2.24) is 0 Å². The van der Waals surface area contributed by atoms with Crippen molar-refractivity contribution in [3.05, 3.63) is 64.6 Å². The SMILES string of the molecule is CCOC(=O)COc1cccc(NC(=O)/C=C/c2ccccc2Br)c1. The highest BCUT2D eigenvalue weighted by Gasteiger charge is 2.05. The van der Waals surface area contributed by atoms with Crippen molar-refractivity contribution in [2.75, 3.05) is 18.5 Å². The van der Waals surface area contributed by atoms with Gasteiger partial charge in [0.15, 0.2) is 6.61 Å². The van der Waals surface area contributed by atoms with Crippen molar-refractivity contribution in [2.24, 2.45) is 0 Å². The quantitative estimate of drug-likeness (QED) is 0.559. The highest BCUT2D eigenvalue weighted by Crippen LogP contribution is 2.19. The van der Waals surface area contributed by atoms with Crippen LogP contribution in [0.1, 0.15) is 12.5 Å². The van der Waals surface area contributed by atoms with Gasteiger partial charge in [-0.3, -0.25) is 4.79 Å². The fraction of sp³-hybridized carbons (Fsp3) is 0.158. The minimum atomic E-state index is -0.437. The Labute approximate surface area is 154 Å². The fourth-order valence-corrected chi connectivity index (χ4v) is 2.39. The van der Waals surface area contributed by atoms with Crippen LogP contribution in [0, 0.1) is 0 Å². The highest BCUT2D eigenvalue weighted by atomic mass is 79.9. The molecule has 0 saturated heterocycles. The van der Waals surface area contributed by atoms with E-state index < -0.39 is 5.97 Å². The summed E-state index contributed by atoms with van der Waals surface area (Å²) in [6, 6.07) is 14.4. The van der Waals surface area contributed by atoms with Gasteiger partial charge in [-0.1, -0.05) is 40.2 Å². The van der Waals surface area contributed by atoms with Crippen LogP contribution < -0.4 is 10.1 Å². The van der Waals surface area contributed by atoms with Crippen LogP contribution in [0.25, 0.3) is 6.08 Å². The lowest BCUT2D eigenvalue weighted by atomic mass is 10.2. The molecule has 2 aromatic carbocycles. The molecule has 0 heterocycles. The first-order valence-electron chi connectivity index (χ1n) is 7.70. The number of hydrogen-bond acceptors (Lipinski definition) is 4. The van der Waals surface area contributed by atoms with E-state index >= 15 is 0 Å². The lowest BCUT2D eigenvalue weighted by molar-refractivity contribution is -0.145. The van der Waals surface area contributed by atoms with Crippen LogP contribution in [0.15, 0.2) is 59.1 Å². The molecule has 5 nitrogen and oxygen atoms in total. The number of nitrogens with one attached hydrogen (secondary N) is 1. The second-order valence-electron chi connectivity index (χ2n) is 4.97. The van der Waals surface area contributed by atoms with Crippen LogP contribution in [-0.2, 0) is 14.3 Å². The predicted octanol–water partition coefficient (Wildman–Crippen LogP) is 4.04. The Morgan fingerprint density at radius 2 is 1.96 bits per heavy atom. The lowest BCUT2D eigenvalue weighted by Gasteiger charge is -2.08. The number of carbonyl (C=O) groups excluding carboxylic acids is 2. The van der Waals surface area contributed by atoms with Crippen LogP contribution in [0.5, 0.6) is 5.75 Å². The zero-order valence-corrected chi connectivity index (χ0v) is 15.3. The van der Waals surface area contributed by atoms with Gasteiger partial charge >= 0.3 is 5.97 Å². The smallest absolute Gasteiger partial charge is 0.344 e. The van der Waals surface area contributed by atoms with Crippen LogP contribution >= 0.6 is 15.9 Å². The molecule has 0 spiro atoms. The minimum Gasteiger partial charge on any atom is -0.482 e. The van der Waals surface area contributed by atoms with Crippen molar-refractivity contribution >= 4 is 39.6 Å². The third-order valence-electron chi connectivity index (χ3n) is 3.08. The zero-order valence-electron chi connectivity index (χ0n) is 13.7. The van der Waals surface area contributed by atoms with E-state index in [1.807, 2.05) is 24.3 Å². The van der Waals surface area contributed by atoms with Gasteiger partial charge in [0.05, 0.1) is 6.61 Å². The van der Waals surface area contributed by atoms with E-state index in [9.17, 15) is 9.59 Å². The monoisotopic (exact) mass is 403 g/mol. The van der Waals surface area contributed by atoms with Gasteiger partial charge in [-0.15, -0.1) is 0 Å². The lowest BCUT2D eigenvalue weighted by Crippen LogP contribution is -2.14. The van der Waals surface area contributed by atoms with Gasteiger partial charge in [0.1, 0.15) is 5.75 Å². The maximum atomic E-state index is 12.0. The first kappa shape index (κ1) is 18.7. The van der Waals surface area contributed by atoms with Crippen molar-refractivity contribution in [1.29, 1.82) is 0 Å². The van der Waals surface area contributed by atoms with Crippen LogP contribution in [0.4, 0.5) is 5.69 Å². The molecule has 1 amide bonds. The Morgan fingerprint density at radius 1 is 1.16 bits per heavy atom. The second-order valence-corrected chi connectivity index (χ2v) is 5.82. The molecule has 130 valence electrons. The van der Waals surface area contributed by atoms with E-state index in [4.69, 9.17) is 9.47 Å². The molecule has 0 radical (unpaired) electrons. The Balaban J connectivity index is 1.93. The highest BCUT2D eigenvalue weighted by molar-refractivity contribution is 9.10. The number of halogens is 1. The van der Waals surface area contributed by atoms with Gasteiger partial charge in [0.2, 0.25) is 5.91 Å². The first-order chi connectivity index (χ1) is 12.1. The predicted molar refractivity (Wildman–Crippen MR) is 100 cm³/mol. The van der Waals surface area contributed by atoms with Gasteiger partial charge in [-0.25, -0.2) is 4.79 Å². The summed E-state index contributed by atoms with van der Waals surface area (Å²) in [4.78, 5) is 23.3. The average molecular weight is 404 g/mol. The number of benzene rings is 2. The molecule has 0 aliphatic carbocycles. The van der Waals surface area contributed by atoms with Crippen LogP contribution in [0.3, 0.4) is 0 Å². The van der Waals surface area contributed by atoms with E-state index in [1.54, 1.807) is 37.3 Å². The van der Waals surface area contributed by atoms with E-state index in [-0.39, 0.29) is 12.5 Å². The molecule has 25 heavy (non-hydrogen) atoms. The summed E-state index contributed by atoms with van der Waals surface area (Å²) >= 11 is 3.43. The molecule has 0 unspecified atom stereocenters. The maximum Gasteiger partial charge on any atom is 0.344 e. The molecule has 2 aromatic rings. The minimum absolute atomic E-state index is 0.173. The van der Waals surface area contributed by atoms with Crippen molar-refractivity contribution in [3.8, 4) is 5.75 Å². The summed E-state index contributed by atoms with van der Waals surface area (Å²) in [6.07, 6.45) is 3.17. The molecule has 0 atom stereocenters. The summed E-state index contributed by atoms with van der Waals surface area (Å²) < 4.78 is 11.0. The summed E-state index contributed by atoms with van der Waals surface area (Å²) in [7, 11) is 0. The molecule has 0 saturated carbocycles. The number of ether oxygens (including phenoxy) is 2. The Hall–Kier alpha value is -2.60. The largest absolute Gasteiger partial charge is 0.482 e. The molecule has 2 rings (SSSR count). The molecule has 0 aliphatic rings. The number of rotatable bonds is 7. The topological polar surface area (TPSA) is 64.6 Å².